The Bertz CT molecular complexity index is 334. The first-order valence-electron chi connectivity index (χ1n) is 4.34. The highest BCUT2D eigenvalue weighted by molar-refractivity contribution is 14.1. The normalized spacial score (nSPS) is 10.3. The first-order valence-corrected chi connectivity index (χ1v) is 6.21. The Morgan fingerprint density at radius 2 is 2.14 bits per heavy atom. The van der Waals surface area contributed by atoms with E-state index in [1.165, 1.54) is 0 Å². The van der Waals surface area contributed by atoms with Gasteiger partial charge in [0.2, 0.25) is 5.76 Å². The largest absolute Gasteiger partial charge is 0.443 e. The highest BCUT2D eigenvalue weighted by Crippen LogP contribution is 2.23. The van der Waals surface area contributed by atoms with E-state index in [1.807, 2.05) is 13.8 Å². The Kier molecular flexibility index (Phi) is 4.43. The zero-order chi connectivity index (χ0) is 10.7. The quantitative estimate of drug-likeness (QED) is 0.765. The SMILES string of the molecule is CCN(CC)C(=O)c1oc(Br)cc1I. The van der Waals surface area contributed by atoms with Crippen LogP contribution in [0.4, 0.5) is 0 Å². The molecule has 78 valence electrons. The third-order valence-electron chi connectivity index (χ3n) is 1.90. The highest BCUT2D eigenvalue weighted by Gasteiger charge is 2.20. The molecule has 0 atom stereocenters. The van der Waals surface area contributed by atoms with Crippen molar-refractivity contribution in [2.45, 2.75) is 13.8 Å². The molecule has 1 aromatic heterocycles. The molecular weight excluding hydrogens is 361 g/mol. The molecule has 14 heavy (non-hydrogen) atoms. The minimum absolute atomic E-state index is 0.0508. The van der Waals surface area contributed by atoms with Gasteiger partial charge in [-0.05, 0) is 52.4 Å². The zero-order valence-electron chi connectivity index (χ0n) is 8.01. The summed E-state index contributed by atoms with van der Waals surface area (Å²) in [5.74, 6) is 0.367. The van der Waals surface area contributed by atoms with E-state index in [2.05, 4.69) is 38.5 Å². The molecule has 0 aromatic carbocycles. The maximum absolute atomic E-state index is 11.8. The van der Waals surface area contributed by atoms with Crippen LogP contribution in [0.15, 0.2) is 15.2 Å². The lowest BCUT2D eigenvalue weighted by molar-refractivity contribution is 0.0738. The van der Waals surface area contributed by atoms with Gasteiger partial charge in [-0.2, -0.15) is 0 Å². The number of carbonyl (C=O) groups is 1. The number of nitrogens with zero attached hydrogens (tertiary/aromatic N) is 1. The number of halogens is 2. The predicted octanol–water partition coefficient (Wildman–Crippen LogP) is 3.13. The van der Waals surface area contributed by atoms with Crippen molar-refractivity contribution in [1.82, 2.24) is 4.90 Å². The third-order valence-corrected chi connectivity index (χ3v) is 3.09. The molecule has 0 saturated heterocycles. The number of hydrogen-bond donors (Lipinski definition) is 0. The van der Waals surface area contributed by atoms with Crippen LogP contribution in [0, 0.1) is 3.57 Å². The minimum Gasteiger partial charge on any atom is -0.443 e. The number of rotatable bonds is 3. The van der Waals surface area contributed by atoms with Crippen molar-refractivity contribution in [3.05, 3.63) is 20.1 Å². The molecule has 1 amide bonds. The first kappa shape index (κ1) is 12.0. The van der Waals surface area contributed by atoms with Crippen LogP contribution in [0.25, 0.3) is 0 Å². The number of amides is 1. The van der Waals surface area contributed by atoms with Crippen LogP contribution in [-0.2, 0) is 0 Å². The lowest BCUT2D eigenvalue weighted by Crippen LogP contribution is -2.30. The molecule has 0 N–H and O–H groups in total. The first-order chi connectivity index (χ1) is 6.60. The standard InChI is InChI=1S/C9H11BrINO2/c1-3-12(4-2)9(13)8-6(11)5-7(10)14-8/h5H,3-4H2,1-2H3. The van der Waals surface area contributed by atoms with Crippen LogP contribution in [0.5, 0.6) is 0 Å². The van der Waals surface area contributed by atoms with Gasteiger partial charge < -0.3 is 9.32 Å². The van der Waals surface area contributed by atoms with Gasteiger partial charge in [0, 0.05) is 19.2 Å². The van der Waals surface area contributed by atoms with E-state index >= 15 is 0 Å². The van der Waals surface area contributed by atoms with Crippen LogP contribution >= 0.6 is 38.5 Å². The molecule has 0 unspecified atom stereocenters. The summed E-state index contributed by atoms with van der Waals surface area (Å²) in [7, 11) is 0. The topological polar surface area (TPSA) is 33.5 Å². The van der Waals surface area contributed by atoms with E-state index in [9.17, 15) is 4.79 Å². The van der Waals surface area contributed by atoms with Gasteiger partial charge >= 0.3 is 0 Å². The Hall–Kier alpha value is -0.0400. The highest BCUT2D eigenvalue weighted by atomic mass is 127. The van der Waals surface area contributed by atoms with E-state index in [1.54, 1.807) is 11.0 Å². The van der Waals surface area contributed by atoms with Crippen LogP contribution < -0.4 is 0 Å². The Labute approximate surface area is 105 Å². The molecule has 5 heteroatoms. The minimum atomic E-state index is -0.0508. The molecule has 1 rings (SSSR count). The fraction of sp³-hybridized carbons (Fsp3) is 0.444. The summed E-state index contributed by atoms with van der Waals surface area (Å²) < 4.78 is 6.71. The number of carbonyl (C=O) groups excluding carboxylic acids is 1. The fourth-order valence-electron chi connectivity index (χ4n) is 1.14. The lowest BCUT2D eigenvalue weighted by atomic mass is 10.4. The average molecular weight is 372 g/mol. The van der Waals surface area contributed by atoms with Crippen molar-refractivity contribution in [3.63, 3.8) is 0 Å². The summed E-state index contributed by atoms with van der Waals surface area (Å²) in [6, 6.07) is 1.79. The van der Waals surface area contributed by atoms with Crippen molar-refractivity contribution in [2.24, 2.45) is 0 Å². The van der Waals surface area contributed by atoms with Gasteiger partial charge in [0.15, 0.2) is 4.67 Å². The molecule has 1 heterocycles. The third kappa shape index (κ3) is 2.50. The predicted molar refractivity (Wildman–Crippen MR) is 66.4 cm³/mol. The van der Waals surface area contributed by atoms with Crippen LogP contribution in [0.2, 0.25) is 0 Å². The molecule has 1 aromatic rings. The van der Waals surface area contributed by atoms with E-state index < -0.39 is 0 Å². The van der Waals surface area contributed by atoms with E-state index in [0.717, 1.165) is 3.57 Å². The second-order valence-corrected chi connectivity index (χ2v) is 4.65. The summed E-state index contributed by atoms with van der Waals surface area (Å²) in [6.45, 7) is 5.30. The van der Waals surface area contributed by atoms with Gasteiger partial charge in [-0.1, -0.05) is 0 Å². The smallest absolute Gasteiger partial charge is 0.290 e. The van der Waals surface area contributed by atoms with Crippen molar-refractivity contribution in [2.75, 3.05) is 13.1 Å². The maximum atomic E-state index is 11.8. The van der Waals surface area contributed by atoms with Gasteiger partial charge in [-0.25, -0.2) is 0 Å². The Balaban J connectivity index is 2.93. The monoisotopic (exact) mass is 371 g/mol. The zero-order valence-corrected chi connectivity index (χ0v) is 11.8. The molecule has 0 spiro atoms. The summed E-state index contributed by atoms with van der Waals surface area (Å²) >= 11 is 5.29. The summed E-state index contributed by atoms with van der Waals surface area (Å²) in [5, 5.41) is 0. The molecular formula is C9H11BrINO2. The van der Waals surface area contributed by atoms with E-state index in [0.29, 0.717) is 23.5 Å². The van der Waals surface area contributed by atoms with Crippen molar-refractivity contribution in [1.29, 1.82) is 0 Å². The molecule has 0 aliphatic carbocycles. The summed E-state index contributed by atoms with van der Waals surface area (Å²) in [5.41, 5.74) is 0. The molecule has 0 saturated carbocycles. The van der Waals surface area contributed by atoms with Crippen LogP contribution in [-0.4, -0.2) is 23.9 Å². The molecule has 0 radical (unpaired) electrons. The van der Waals surface area contributed by atoms with Crippen molar-refractivity contribution in [3.8, 4) is 0 Å². The second kappa shape index (κ2) is 5.16. The van der Waals surface area contributed by atoms with Crippen LogP contribution in [0.1, 0.15) is 24.4 Å². The second-order valence-electron chi connectivity index (χ2n) is 2.71. The van der Waals surface area contributed by atoms with Gasteiger partial charge in [-0.3, -0.25) is 4.79 Å². The fourth-order valence-corrected chi connectivity index (χ4v) is 2.58. The number of furan rings is 1. The van der Waals surface area contributed by atoms with E-state index in [-0.39, 0.29) is 5.91 Å². The summed E-state index contributed by atoms with van der Waals surface area (Å²) in [4.78, 5) is 13.6. The Morgan fingerprint density at radius 1 is 1.57 bits per heavy atom. The number of hydrogen-bond acceptors (Lipinski definition) is 2. The molecule has 0 aliphatic heterocycles. The van der Waals surface area contributed by atoms with Gasteiger partial charge in [0.1, 0.15) is 0 Å². The van der Waals surface area contributed by atoms with Crippen molar-refractivity contribution < 1.29 is 9.21 Å². The van der Waals surface area contributed by atoms with Crippen molar-refractivity contribution >= 4 is 44.4 Å². The average Bonchev–Trinajstić information content (AvgIpc) is 2.47. The van der Waals surface area contributed by atoms with Gasteiger partial charge in [0.05, 0.1) is 3.57 Å². The molecule has 0 fully saturated rings. The van der Waals surface area contributed by atoms with Gasteiger partial charge in [0.25, 0.3) is 5.91 Å². The molecule has 0 aliphatic rings. The molecule has 0 bridgehead atoms. The molecule has 3 nitrogen and oxygen atoms in total. The van der Waals surface area contributed by atoms with Gasteiger partial charge in [-0.15, -0.1) is 0 Å². The maximum Gasteiger partial charge on any atom is 0.290 e. The Morgan fingerprint density at radius 3 is 2.50 bits per heavy atom. The summed E-state index contributed by atoms with van der Waals surface area (Å²) in [6.07, 6.45) is 0. The lowest BCUT2D eigenvalue weighted by Gasteiger charge is -2.16. The van der Waals surface area contributed by atoms with E-state index in [4.69, 9.17) is 4.42 Å². The van der Waals surface area contributed by atoms with Crippen LogP contribution in [0.3, 0.4) is 0 Å².